The number of benzene rings is 2. The van der Waals surface area contributed by atoms with Crippen molar-refractivity contribution in [3.8, 4) is 0 Å². The molecule has 8 nitrogen and oxygen atoms in total. The summed E-state index contributed by atoms with van der Waals surface area (Å²) < 4.78 is 68.6. The standard InChI is InChI=1S/C17H13F3N4O4S/c1-10-2-5-12(6-3-10)29(27,28)23-15(17(18,19)20)9-22-14-7-4-11(24(25)26)8-13(14)21-16(22)23/h2-8,15H,9H2,1H3. The van der Waals surface area contributed by atoms with E-state index in [2.05, 4.69) is 4.98 Å². The van der Waals surface area contributed by atoms with E-state index in [9.17, 15) is 31.7 Å². The SMILES string of the molecule is Cc1ccc(S(=O)(=O)N2c3nc4cc([N+](=O)[O-])ccc4n3CC2C(F)(F)F)cc1. The van der Waals surface area contributed by atoms with Crippen LogP contribution in [0, 0.1) is 17.0 Å². The van der Waals surface area contributed by atoms with Crippen molar-refractivity contribution in [2.24, 2.45) is 0 Å². The number of aryl methyl sites for hydroxylation is 1. The van der Waals surface area contributed by atoms with Crippen LogP contribution in [0.5, 0.6) is 0 Å². The molecule has 1 aliphatic heterocycles. The number of rotatable bonds is 3. The molecular weight excluding hydrogens is 413 g/mol. The molecule has 0 saturated heterocycles. The van der Waals surface area contributed by atoms with Crippen LogP contribution in [0.4, 0.5) is 24.8 Å². The first-order valence-corrected chi connectivity index (χ1v) is 9.76. The highest BCUT2D eigenvalue weighted by Gasteiger charge is 2.54. The normalized spacial score (nSPS) is 17.0. The molecule has 0 aliphatic carbocycles. The predicted octanol–water partition coefficient (Wildman–Crippen LogP) is 3.39. The molecule has 0 radical (unpaired) electrons. The lowest BCUT2D eigenvalue weighted by Crippen LogP contribution is -2.47. The number of aromatic nitrogens is 2. The fraction of sp³-hybridized carbons (Fsp3) is 0.235. The molecule has 1 atom stereocenters. The Balaban J connectivity index is 1.92. The Bertz CT molecular complexity index is 1240. The maximum Gasteiger partial charge on any atom is 0.411 e. The zero-order chi connectivity index (χ0) is 21.1. The van der Waals surface area contributed by atoms with Gasteiger partial charge in [-0.2, -0.15) is 13.2 Å². The third-order valence-corrected chi connectivity index (χ3v) is 6.52. The average Bonchev–Trinajstić information content (AvgIpc) is 3.17. The molecule has 1 unspecified atom stereocenters. The Morgan fingerprint density at radius 2 is 1.83 bits per heavy atom. The fourth-order valence-corrected chi connectivity index (χ4v) is 4.87. The van der Waals surface area contributed by atoms with Crippen LogP contribution in [-0.4, -0.2) is 35.1 Å². The second-order valence-electron chi connectivity index (χ2n) is 6.62. The summed E-state index contributed by atoms with van der Waals surface area (Å²) >= 11 is 0. The molecule has 4 rings (SSSR count). The Kier molecular flexibility index (Phi) is 4.08. The fourth-order valence-electron chi connectivity index (χ4n) is 3.29. The van der Waals surface area contributed by atoms with Gasteiger partial charge in [0.15, 0.2) is 6.04 Å². The number of hydrogen-bond acceptors (Lipinski definition) is 5. The summed E-state index contributed by atoms with van der Waals surface area (Å²) in [6.07, 6.45) is -4.84. The van der Waals surface area contributed by atoms with Crippen LogP contribution in [0.2, 0.25) is 0 Å². The van der Waals surface area contributed by atoms with Crippen LogP contribution in [0.15, 0.2) is 47.4 Å². The van der Waals surface area contributed by atoms with Gasteiger partial charge in [0, 0.05) is 12.1 Å². The van der Waals surface area contributed by atoms with E-state index in [4.69, 9.17) is 0 Å². The van der Waals surface area contributed by atoms with Gasteiger partial charge >= 0.3 is 6.18 Å². The molecule has 3 aromatic rings. The second kappa shape index (κ2) is 6.17. The maximum absolute atomic E-state index is 13.7. The van der Waals surface area contributed by atoms with Crippen molar-refractivity contribution >= 4 is 32.7 Å². The quantitative estimate of drug-likeness (QED) is 0.472. The molecule has 0 saturated carbocycles. The van der Waals surface area contributed by atoms with E-state index in [0.29, 0.717) is 0 Å². The third kappa shape index (κ3) is 2.99. The number of nitro groups is 1. The molecule has 1 aromatic heterocycles. The van der Waals surface area contributed by atoms with Gasteiger partial charge in [0.25, 0.3) is 15.7 Å². The number of sulfonamides is 1. The zero-order valence-electron chi connectivity index (χ0n) is 14.8. The van der Waals surface area contributed by atoms with E-state index in [0.717, 1.165) is 22.3 Å². The summed E-state index contributed by atoms with van der Waals surface area (Å²) in [6, 6.07) is 6.59. The van der Waals surface area contributed by atoms with E-state index in [1.807, 2.05) is 0 Å². The minimum Gasteiger partial charge on any atom is -0.307 e. The first-order valence-electron chi connectivity index (χ1n) is 8.32. The number of imidazole rings is 1. The Labute approximate surface area is 162 Å². The minimum atomic E-state index is -4.84. The van der Waals surface area contributed by atoms with Gasteiger partial charge in [0.05, 0.1) is 27.4 Å². The minimum absolute atomic E-state index is 0.0407. The highest BCUT2D eigenvalue weighted by molar-refractivity contribution is 7.92. The molecule has 0 spiro atoms. The summed E-state index contributed by atoms with van der Waals surface area (Å²) in [5.74, 6) is -0.427. The monoisotopic (exact) mass is 426 g/mol. The van der Waals surface area contributed by atoms with Crippen molar-refractivity contribution in [1.29, 1.82) is 0 Å². The molecule has 0 N–H and O–H groups in total. The zero-order valence-corrected chi connectivity index (χ0v) is 15.6. The van der Waals surface area contributed by atoms with Crippen molar-refractivity contribution in [3.05, 3.63) is 58.1 Å². The highest BCUT2D eigenvalue weighted by Crippen LogP contribution is 2.41. The molecule has 152 valence electrons. The Morgan fingerprint density at radius 3 is 2.41 bits per heavy atom. The number of alkyl halides is 3. The number of non-ortho nitro benzene ring substituents is 1. The molecule has 1 aliphatic rings. The lowest BCUT2D eigenvalue weighted by Gasteiger charge is -2.26. The summed E-state index contributed by atoms with van der Waals surface area (Å²) in [5.41, 5.74) is 0.673. The summed E-state index contributed by atoms with van der Waals surface area (Å²) in [7, 11) is -4.58. The molecule has 2 aromatic carbocycles. The van der Waals surface area contributed by atoms with E-state index >= 15 is 0 Å². The number of nitro benzene ring substituents is 1. The summed E-state index contributed by atoms with van der Waals surface area (Å²) in [6.45, 7) is 1.02. The summed E-state index contributed by atoms with van der Waals surface area (Å²) in [4.78, 5) is 14.0. The van der Waals surface area contributed by atoms with Gasteiger partial charge in [-0.1, -0.05) is 17.7 Å². The van der Waals surface area contributed by atoms with Gasteiger partial charge in [-0.05, 0) is 25.1 Å². The smallest absolute Gasteiger partial charge is 0.307 e. The van der Waals surface area contributed by atoms with Gasteiger partial charge in [-0.25, -0.2) is 17.7 Å². The third-order valence-electron chi connectivity index (χ3n) is 4.71. The van der Waals surface area contributed by atoms with Crippen LogP contribution in [-0.2, 0) is 16.6 Å². The Morgan fingerprint density at radius 1 is 1.17 bits per heavy atom. The van der Waals surface area contributed by atoms with Crippen LogP contribution >= 0.6 is 0 Å². The number of nitrogens with zero attached hydrogens (tertiary/aromatic N) is 4. The highest BCUT2D eigenvalue weighted by atomic mass is 32.2. The average molecular weight is 426 g/mol. The van der Waals surface area contributed by atoms with Gasteiger partial charge in [-0.3, -0.25) is 10.1 Å². The number of hydrogen-bond donors (Lipinski definition) is 0. The Hall–Kier alpha value is -3.15. The lowest BCUT2D eigenvalue weighted by atomic mass is 10.2. The number of anilines is 1. The maximum atomic E-state index is 13.7. The van der Waals surface area contributed by atoms with Crippen molar-refractivity contribution in [1.82, 2.24) is 9.55 Å². The predicted molar refractivity (Wildman–Crippen MR) is 97.1 cm³/mol. The van der Waals surface area contributed by atoms with E-state index in [1.54, 1.807) is 6.92 Å². The van der Waals surface area contributed by atoms with E-state index in [1.165, 1.54) is 30.3 Å². The van der Waals surface area contributed by atoms with Crippen LogP contribution < -0.4 is 4.31 Å². The molecule has 29 heavy (non-hydrogen) atoms. The molecule has 0 bridgehead atoms. The van der Waals surface area contributed by atoms with Gasteiger partial charge in [-0.15, -0.1) is 0 Å². The first kappa shape index (κ1) is 19.2. The molecule has 0 fully saturated rings. The molecule has 12 heteroatoms. The first-order chi connectivity index (χ1) is 13.5. The second-order valence-corrected chi connectivity index (χ2v) is 8.44. The molecule has 2 heterocycles. The van der Waals surface area contributed by atoms with Crippen molar-refractivity contribution < 1.29 is 26.5 Å². The number of halogens is 3. The van der Waals surface area contributed by atoms with Gasteiger partial charge in [0.2, 0.25) is 5.95 Å². The van der Waals surface area contributed by atoms with Crippen LogP contribution in [0.25, 0.3) is 11.0 Å². The molecular formula is C17H13F3N4O4S. The lowest BCUT2D eigenvalue weighted by molar-refractivity contribution is -0.384. The summed E-state index contributed by atoms with van der Waals surface area (Å²) in [5, 5.41) is 11.0. The topological polar surface area (TPSA) is 98.3 Å². The van der Waals surface area contributed by atoms with Crippen molar-refractivity contribution in [2.75, 3.05) is 4.31 Å². The number of fused-ring (bicyclic) bond motifs is 3. The van der Waals surface area contributed by atoms with Gasteiger partial charge < -0.3 is 4.57 Å². The largest absolute Gasteiger partial charge is 0.411 e. The van der Waals surface area contributed by atoms with Crippen LogP contribution in [0.1, 0.15) is 5.56 Å². The molecule has 0 amide bonds. The van der Waals surface area contributed by atoms with Gasteiger partial charge in [0.1, 0.15) is 0 Å². The van der Waals surface area contributed by atoms with Crippen molar-refractivity contribution in [2.45, 2.75) is 30.6 Å². The van der Waals surface area contributed by atoms with Crippen LogP contribution in [0.3, 0.4) is 0 Å². The van der Waals surface area contributed by atoms with E-state index in [-0.39, 0.29) is 25.9 Å². The van der Waals surface area contributed by atoms with E-state index < -0.39 is 39.7 Å². The van der Waals surface area contributed by atoms with Crippen molar-refractivity contribution in [3.63, 3.8) is 0 Å².